The van der Waals surface area contributed by atoms with Crippen molar-refractivity contribution in [2.24, 2.45) is 5.73 Å². The van der Waals surface area contributed by atoms with Gasteiger partial charge in [0.25, 0.3) is 5.91 Å². The Hall–Kier alpha value is -3.42. The third kappa shape index (κ3) is 4.17. The predicted octanol–water partition coefficient (Wildman–Crippen LogP) is 2.88. The lowest BCUT2D eigenvalue weighted by Gasteiger charge is -2.26. The standard InChI is InChI=1S/C26H28N4O3/c27-26(28)18-4-2-16-1-3-17(11-19(16)12-18)24-14-20-13-22(33-21-7-9-29-10-8-21)5-6-23(20)30(24)25(32)15-31/h1-6,11-13,21,24,29,31H,7-10,14-15H2,(H3,27,28)/t24-/m1/s1. The highest BCUT2D eigenvalue weighted by molar-refractivity contribution is 6.00. The zero-order valence-corrected chi connectivity index (χ0v) is 18.4. The van der Waals surface area contributed by atoms with Gasteiger partial charge in [-0.2, -0.15) is 0 Å². The van der Waals surface area contributed by atoms with E-state index in [1.54, 1.807) is 4.90 Å². The maximum Gasteiger partial charge on any atom is 0.253 e. The smallest absolute Gasteiger partial charge is 0.253 e. The summed E-state index contributed by atoms with van der Waals surface area (Å²) >= 11 is 0. The SMILES string of the molecule is N=C(N)c1ccc2ccc([C@H]3Cc4cc(OC5CCNCC5)ccc4N3C(=O)CO)cc2c1. The third-order valence-electron chi connectivity index (χ3n) is 6.59. The van der Waals surface area contributed by atoms with Gasteiger partial charge in [0.2, 0.25) is 0 Å². The van der Waals surface area contributed by atoms with Crippen molar-refractivity contribution >= 4 is 28.2 Å². The van der Waals surface area contributed by atoms with E-state index in [9.17, 15) is 9.90 Å². The summed E-state index contributed by atoms with van der Waals surface area (Å²) in [6.45, 7) is 1.37. The zero-order valence-electron chi connectivity index (χ0n) is 18.4. The Morgan fingerprint density at radius 1 is 1.09 bits per heavy atom. The average Bonchev–Trinajstić information content (AvgIpc) is 3.22. The van der Waals surface area contributed by atoms with Gasteiger partial charge in [0, 0.05) is 11.3 Å². The van der Waals surface area contributed by atoms with Crippen molar-refractivity contribution in [1.82, 2.24) is 5.32 Å². The normalized spacial score (nSPS) is 18.3. The van der Waals surface area contributed by atoms with Crippen molar-refractivity contribution in [1.29, 1.82) is 5.41 Å². The fourth-order valence-electron chi connectivity index (χ4n) is 4.90. The number of benzene rings is 3. The molecule has 0 aliphatic carbocycles. The van der Waals surface area contributed by atoms with Crippen LogP contribution in [0.25, 0.3) is 10.8 Å². The molecule has 0 spiro atoms. The lowest BCUT2D eigenvalue weighted by molar-refractivity contribution is -0.121. The lowest BCUT2D eigenvalue weighted by Crippen LogP contribution is -2.34. The van der Waals surface area contributed by atoms with Gasteiger partial charge in [-0.3, -0.25) is 10.2 Å². The number of amides is 1. The molecule has 33 heavy (non-hydrogen) atoms. The Morgan fingerprint density at radius 3 is 2.64 bits per heavy atom. The quantitative estimate of drug-likeness (QED) is 0.357. The van der Waals surface area contributed by atoms with Gasteiger partial charge in [-0.05, 0) is 84.6 Å². The molecule has 3 aromatic rings. The molecule has 5 rings (SSSR count). The summed E-state index contributed by atoms with van der Waals surface area (Å²) < 4.78 is 6.21. The van der Waals surface area contributed by atoms with Gasteiger partial charge in [0.05, 0.1) is 6.04 Å². The van der Waals surface area contributed by atoms with Crippen LogP contribution in [-0.2, 0) is 11.2 Å². The monoisotopic (exact) mass is 444 g/mol. The van der Waals surface area contributed by atoms with Crippen LogP contribution >= 0.6 is 0 Å². The first kappa shape index (κ1) is 21.4. The first-order valence-corrected chi connectivity index (χ1v) is 11.3. The van der Waals surface area contributed by atoms with Gasteiger partial charge < -0.3 is 25.8 Å². The molecular formula is C26H28N4O3. The molecule has 2 heterocycles. The third-order valence-corrected chi connectivity index (χ3v) is 6.59. The molecule has 3 aromatic carbocycles. The number of nitrogen functional groups attached to an aromatic ring is 1. The van der Waals surface area contributed by atoms with Gasteiger partial charge in [-0.15, -0.1) is 0 Å². The summed E-state index contributed by atoms with van der Waals surface area (Å²) in [5.41, 5.74) is 9.16. The second-order valence-corrected chi connectivity index (χ2v) is 8.73. The van der Waals surface area contributed by atoms with E-state index in [0.717, 1.165) is 59.3 Å². The molecule has 2 aliphatic heterocycles. The van der Waals surface area contributed by atoms with Crippen LogP contribution in [0.15, 0.2) is 54.6 Å². The molecule has 5 N–H and O–H groups in total. The highest BCUT2D eigenvalue weighted by atomic mass is 16.5. The molecule has 0 radical (unpaired) electrons. The largest absolute Gasteiger partial charge is 0.490 e. The second kappa shape index (κ2) is 8.84. The number of anilines is 1. The van der Waals surface area contributed by atoms with E-state index in [2.05, 4.69) is 5.32 Å². The van der Waals surface area contributed by atoms with Gasteiger partial charge in [0.15, 0.2) is 0 Å². The number of carbonyl (C=O) groups is 1. The molecule has 7 nitrogen and oxygen atoms in total. The summed E-state index contributed by atoms with van der Waals surface area (Å²) in [4.78, 5) is 14.5. The van der Waals surface area contributed by atoms with E-state index in [4.69, 9.17) is 15.9 Å². The van der Waals surface area contributed by atoms with E-state index in [-0.39, 0.29) is 23.9 Å². The van der Waals surface area contributed by atoms with Crippen LogP contribution in [-0.4, -0.2) is 42.6 Å². The van der Waals surface area contributed by atoms with Crippen molar-refractivity contribution < 1.29 is 14.6 Å². The van der Waals surface area contributed by atoms with Crippen LogP contribution in [0, 0.1) is 5.41 Å². The number of aliphatic hydroxyl groups is 1. The molecule has 0 aromatic heterocycles. The van der Waals surface area contributed by atoms with Gasteiger partial charge in [0.1, 0.15) is 24.3 Å². The van der Waals surface area contributed by atoms with E-state index < -0.39 is 6.61 Å². The molecule has 7 heteroatoms. The molecule has 0 saturated carbocycles. The zero-order chi connectivity index (χ0) is 22.9. The van der Waals surface area contributed by atoms with Crippen molar-refractivity contribution in [2.75, 3.05) is 24.6 Å². The van der Waals surface area contributed by atoms with Crippen molar-refractivity contribution in [3.05, 3.63) is 71.3 Å². The van der Waals surface area contributed by atoms with Crippen LogP contribution in [0.3, 0.4) is 0 Å². The number of ether oxygens (including phenoxy) is 1. The Bertz CT molecular complexity index is 1220. The van der Waals surface area contributed by atoms with E-state index >= 15 is 0 Å². The number of nitrogens with zero attached hydrogens (tertiary/aromatic N) is 1. The number of amidine groups is 1. The summed E-state index contributed by atoms with van der Waals surface area (Å²) in [5.74, 6) is 0.514. The minimum absolute atomic E-state index is 0.0222. The topological polar surface area (TPSA) is 112 Å². The average molecular weight is 445 g/mol. The lowest BCUT2D eigenvalue weighted by atomic mass is 9.97. The molecule has 1 amide bonds. The minimum Gasteiger partial charge on any atom is -0.490 e. The first-order chi connectivity index (χ1) is 16.0. The maximum atomic E-state index is 12.8. The molecule has 2 aliphatic rings. The highest BCUT2D eigenvalue weighted by Crippen LogP contribution is 2.42. The van der Waals surface area contributed by atoms with Crippen molar-refractivity contribution in [3.63, 3.8) is 0 Å². The molecule has 1 saturated heterocycles. The highest BCUT2D eigenvalue weighted by Gasteiger charge is 2.35. The first-order valence-electron chi connectivity index (χ1n) is 11.3. The molecule has 170 valence electrons. The second-order valence-electron chi connectivity index (χ2n) is 8.73. The number of aliphatic hydroxyl groups excluding tert-OH is 1. The molecule has 0 bridgehead atoms. The van der Waals surface area contributed by atoms with Crippen LogP contribution in [0.4, 0.5) is 5.69 Å². The Kier molecular flexibility index (Phi) is 5.74. The number of carbonyl (C=O) groups excluding carboxylic acids is 1. The molecule has 0 unspecified atom stereocenters. The summed E-state index contributed by atoms with van der Waals surface area (Å²) in [6.07, 6.45) is 2.80. The Morgan fingerprint density at radius 2 is 1.88 bits per heavy atom. The number of nitrogens with one attached hydrogen (secondary N) is 2. The summed E-state index contributed by atoms with van der Waals surface area (Å²) in [6, 6.07) is 17.4. The van der Waals surface area contributed by atoms with Crippen LogP contribution < -0.4 is 20.7 Å². The molecule has 1 fully saturated rings. The van der Waals surface area contributed by atoms with E-state index in [0.29, 0.717) is 12.0 Å². The van der Waals surface area contributed by atoms with Crippen molar-refractivity contribution in [2.45, 2.75) is 31.4 Å². The fourth-order valence-corrected chi connectivity index (χ4v) is 4.90. The van der Waals surface area contributed by atoms with Gasteiger partial charge in [-0.25, -0.2) is 0 Å². The Balaban J connectivity index is 1.48. The maximum absolute atomic E-state index is 12.8. The van der Waals surface area contributed by atoms with Gasteiger partial charge in [-0.1, -0.05) is 24.3 Å². The summed E-state index contributed by atoms with van der Waals surface area (Å²) in [7, 11) is 0. The number of piperidine rings is 1. The van der Waals surface area contributed by atoms with E-state index in [1.807, 2.05) is 54.6 Å². The minimum atomic E-state index is -0.550. The number of hydrogen-bond donors (Lipinski definition) is 4. The Labute approximate surface area is 192 Å². The number of hydrogen-bond acceptors (Lipinski definition) is 5. The fraction of sp³-hybridized carbons (Fsp3) is 0.308. The molecular weight excluding hydrogens is 416 g/mol. The van der Waals surface area contributed by atoms with Crippen LogP contribution in [0.5, 0.6) is 5.75 Å². The van der Waals surface area contributed by atoms with Crippen LogP contribution in [0.2, 0.25) is 0 Å². The van der Waals surface area contributed by atoms with Gasteiger partial charge >= 0.3 is 0 Å². The predicted molar refractivity (Wildman–Crippen MR) is 129 cm³/mol. The number of rotatable bonds is 5. The van der Waals surface area contributed by atoms with E-state index in [1.165, 1.54) is 0 Å². The summed E-state index contributed by atoms with van der Waals surface area (Å²) in [5, 5.41) is 22.7. The number of nitrogens with two attached hydrogens (primary N) is 1. The number of fused-ring (bicyclic) bond motifs is 2. The van der Waals surface area contributed by atoms with Crippen molar-refractivity contribution in [3.8, 4) is 5.75 Å². The molecule has 1 atom stereocenters. The van der Waals surface area contributed by atoms with Crippen LogP contribution in [0.1, 0.15) is 35.6 Å².